The van der Waals surface area contributed by atoms with Crippen LogP contribution >= 0.6 is 0 Å². The number of amides is 2. The van der Waals surface area contributed by atoms with Gasteiger partial charge in [-0.2, -0.15) is 0 Å². The van der Waals surface area contributed by atoms with Gasteiger partial charge in [-0.3, -0.25) is 9.59 Å². The third kappa shape index (κ3) is 4.60. The Kier molecular flexibility index (Phi) is 5.94. The van der Waals surface area contributed by atoms with Crippen LogP contribution in [0.25, 0.3) is 0 Å². The van der Waals surface area contributed by atoms with Crippen LogP contribution in [-0.2, 0) is 13.2 Å². The van der Waals surface area contributed by atoms with Gasteiger partial charge in [-0.25, -0.2) is 0 Å². The number of hydrogen-bond donors (Lipinski definition) is 2. The number of benzene rings is 3. The first-order valence-electron chi connectivity index (χ1n) is 9.78. The summed E-state index contributed by atoms with van der Waals surface area (Å²) in [5.74, 6) is 0.526. The van der Waals surface area contributed by atoms with Crippen molar-refractivity contribution in [1.29, 1.82) is 0 Å². The van der Waals surface area contributed by atoms with Crippen LogP contribution in [0.3, 0.4) is 0 Å². The number of para-hydroxylation sites is 2. The Morgan fingerprint density at radius 1 is 0.600 bits per heavy atom. The second kappa shape index (κ2) is 9.13. The molecule has 6 heteroatoms. The third-order valence-corrected chi connectivity index (χ3v) is 4.74. The third-order valence-electron chi connectivity index (χ3n) is 4.74. The maximum atomic E-state index is 12.6. The normalized spacial score (nSPS) is 14.7. The van der Waals surface area contributed by atoms with Gasteiger partial charge in [-0.05, 0) is 41.5 Å². The van der Waals surface area contributed by atoms with E-state index in [4.69, 9.17) is 9.47 Å². The van der Waals surface area contributed by atoms with E-state index in [1.807, 2.05) is 36.4 Å². The van der Waals surface area contributed by atoms with Crippen molar-refractivity contribution in [3.63, 3.8) is 0 Å². The smallest absolute Gasteiger partial charge is 0.255 e. The summed E-state index contributed by atoms with van der Waals surface area (Å²) in [6.45, 7) is 1.24. The Morgan fingerprint density at radius 3 is 1.57 bits per heavy atom. The summed E-state index contributed by atoms with van der Waals surface area (Å²) < 4.78 is 11.8. The van der Waals surface area contributed by atoms with Gasteiger partial charge in [0.25, 0.3) is 11.8 Å². The predicted molar refractivity (Wildman–Crippen MR) is 113 cm³/mol. The van der Waals surface area contributed by atoms with Crippen molar-refractivity contribution in [2.45, 2.75) is 13.2 Å². The maximum absolute atomic E-state index is 12.6. The Hall–Kier alpha value is -3.80. The summed E-state index contributed by atoms with van der Waals surface area (Å²) in [7, 11) is 0. The van der Waals surface area contributed by atoms with Crippen molar-refractivity contribution in [2.24, 2.45) is 0 Å². The molecule has 1 aliphatic rings. The van der Waals surface area contributed by atoms with Crippen LogP contribution in [0.2, 0.25) is 0 Å². The highest BCUT2D eigenvalue weighted by molar-refractivity contribution is 5.98. The van der Waals surface area contributed by atoms with Gasteiger partial charge >= 0.3 is 0 Å². The van der Waals surface area contributed by atoms with Crippen molar-refractivity contribution < 1.29 is 19.1 Å². The number of hydrogen-bond acceptors (Lipinski definition) is 4. The molecule has 0 fully saturated rings. The fraction of sp³-hybridized carbons (Fsp3) is 0.167. The van der Waals surface area contributed by atoms with E-state index >= 15 is 0 Å². The van der Waals surface area contributed by atoms with Gasteiger partial charge in [0.15, 0.2) is 0 Å². The molecule has 1 aliphatic heterocycles. The number of ether oxygens (including phenoxy) is 2. The van der Waals surface area contributed by atoms with Crippen LogP contribution in [0.1, 0.15) is 31.8 Å². The molecular formula is C24H22N2O4. The van der Waals surface area contributed by atoms with E-state index in [9.17, 15) is 9.59 Å². The van der Waals surface area contributed by atoms with Gasteiger partial charge < -0.3 is 20.1 Å². The lowest BCUT2D eigenvalue weighted by atomic mass is 10.1. The average Bonchev–Trinajstić information content (AvgIpc) is 2.79. The molecule has 0 aliphatic carbocycles. The zero-order chi connectivity index (χ0) is 20.8. The number of rotatable bonds is 0. The van der Waals surface area contributed by atoms with E-state index in [0.29, 0.717) is 48.9 Å². The molecule has 2 amide bonds. The van der Waals surface area contributed by atoms with Crippen molar-refractivity contribution in [3.8, 4) is 11.5 Å². The van der Waals surface area contributed by atoms with E-state index in [1.54, 1.807) is 36.4 Å². The van der Waals surface area contributed by atoms with Crippen molar-refractivity contribution in [1.82, 2.24) is 10.6 Å². The Balaban J connectivity index is 1.63. The molecule has 30 heavy (non-hydrogen) atoms. The van der Waals surface area contributed by atoms with Gasteiger partial charge in [0, 0.05) is 13.1 Å². The highest BCUT2D eigenvalue weighted by Crippen LogP contribution is 2.22. The molecule has 0 radical (unpaired) electrons. The molecule has 0 saturated carbocycles. The summed E-state index contributed by atoms with van der Waals surface area (Å²) in [6, 6.07) is 22.1. The minimum Gasteiger partial charge on any atom is -0.488 e. The van der Waals surface area contributed by atoms with E-state index in [1.165, 1.54) is 0 Å². The Labute approximate surface area is 174 Å². The van der Waals surface area contributed by atoms with E-state index < -0.39 is 0 Å². The predicted octanol–water partition coefficient (Wildman–Crippen LogP) is 3.32. The first-order chi connectivity index (χ1) is 14.7. The summed E-state index contributed by atoms with van der Waals surface area (Å²) in [5.41, 5.74) is 2.83. The van der Waals surface area contributed by atoms with Gasteiger partial charge in [0.1, 0.15) is 24.7 Å². The molecule has 4 rings (SSSR count). The molecule has 0 aromatic heterocycles. The molecule has 2 bridgehead atoms. The lowest BCUT2D eigenvalue weighted by molar-refractivity contribution is 0.0923. The monoisotopic (exact) mass is 402 g/mol. The minimum atomic E-state index is -0.248. The first-order valence-corrected chi connectivity index (χ1v) is 9.78. The maximum Gasteiger partial charge on any atom is 0.255 e. The lowest BCUT2D eigenvalue weighted by Crippen LogP contribution is -2.35. The second-order valence-electron chi connectivity index (χ2n) is 6.90. The fourth-order valence-electron chi connectivity index (χ4n) is 3.23. The summed E-state index contributed by atoms with van der Waals surface area (Å²) >= 11 is 0. The molecule has 0 unspecified atom stereocenters. The molecule has 3 aromatic rings. The van der Waals surface area contributed by atoms with E-state index in [2.05, 4.69) is 10.6 Å². The second-order valence-corrected chi connectivity index (χ2v) is 6.90. The molecule has 0 saturated heterocycles. The van der Waals surface area contributed by atoms with Crippen LogP contribution in [-0.4, -0.2) is 24.9 Å². The average molecular weight is 402 g/mol. The van der Waals surface area contributed by atoms with Gasteiger partial charge in [0.2, 0.25) is 0 Å². The number of nitrogens with one attached hydrogen (secondary N) is 2. The van der Waals surface area contributed by atoms with Crippen LogP contribution in [0.15, 0.2) is 72.8 Å². The molecule has 3 aromatic carbocycles. The van der Waals surface area contributed by atoms with Gasteiger partial charge in [-0.15, -0.1) is 0 Å². The Bertz CT molecular complexity index is 984. The minimum absolute atomic E-state index is 0.248. The van der Waals surface area contributed by atoms with Crippen LogP contribution < -0.4 is 20.1 Å². The highest BCUT2D eigenvalue weighted by atomic mass is 16.5. The SMILES string of the molecule is O=C1NCCNC(=O)c2ccccc2OCc2cccc(c2)COc2ccccc21. The molecule has 0 spiro atoms. The zero-order valence-corrected chi connectivity index (χ0v) is 16.4. The molecule has 1 heterocycles. The number of carbonyl (C=O) groups is 2. The largest absolute Gasteiger partial charge is 0.488 e. The van der Waals surface area contributed by atoms with E-state index in [0.717, 1.165) is 11.1 Å². The van der Waals surface area contributed by atoms with Gasteiger partial charge in [0.05, 0.1) is 11.1 Å². The van der Waals surface area contributed by atoms with Crippen molar-refractivity contribution >= 4 is 11.8 Å². The summed E-state index contributed by atoms with van der Waals surface area (Å²) in [5, 5.41) is 5.64. The molecular weight excluding hydrogens is 380 g/mol. The topological polar surface area (TPSA) is 76.7 Å². The Morgan fingerprint density at radius 2 is 1.07 bits per heavy atom. The number of carbonyl (C=O) groups excluding carboxylic acids is 2. The van der Waals surface area contributed by atoms with Crippen LogP contribution in [0, 0.1) is 0 Å². The standard InChI is InChI=1S/C24H22N2O4/c27-23-19-8-1-3-10-21(19)29-15-17-6-5-7-18(14-17)16-30-22-11-4-2-9-20(22)24(28)26-13-12-25-23/h1-11,14H,12-13,15-16H2,(H,25,27)(H,26,28). The molecule has 152 valence electrons. The molecule has 6 nitrogen and oxygen atoms in total. The van der Waals surface area contributed by atoms with E-state index in [-0.39, 0.29) is 11.8 Å². The van der Waals surface area contributed by atoms with Gasteiger partial charge in [-0.1, -0.05) is 42.5 Å². The molecule has 2 N–H and O–H groups in total. The quantitative estimate of drug-likeness (QED) is 0.605. The van der Waals surface area contributed by atoms with Crippen molar-refractivity contribution in [3.05, 3.63) is 95.1 Å². The van der Waals surface area contributed by atoms with Crippen LogP contribution in [0.5, 0.6) is 11.5 Å². The number of fused-ring (bicyclic) bond motifs is 4. The van der Waals surface area contributed by atoms with Crippen LogP contribution in [0.4, 0.5) is 0 Å². The highest BCUT2D eigenvalue weighted by Gasteiger charge is 2.15. The van der Waals surface area contributed by atoms with Crippen molar-refractivity contribution in [2.75, 3.05) is 13.1 Å². The molecule has 0 atom stereocenters. The summed E-state index contributed by atoms with van der Waals surface area (Å²) in [6.07, 6.45) is 0. The fourth-order valence-corrected chi connectivity index (χ4v) is 3.23. The summed E-state index contributed by atoms with van der Waals surface area (Å²) in [4.78, 5) is 25.2. The first kappa shape index (κ1) is 19.5. The lowest BCUT2D eigenvalue weighted by Gasteiger charge is -2.12. The zero-order valence-electron chi connectivity index (χ0n) is 16.4.